The zero-order valence-corrected chi connectivity index (χ0v) is 13.6. The topological polar surface area (TPSA) is 33.0 Å². The fourth-order valence-electron chi connectivity index (χ4n) is 2.00. The average Bonchev–Trinajstić information content (AvgIpc) is 2.41. The number of ether oxygens (including phenoxy) is 1. The summed E-state index contributed by atoms with van der Waals surface area (Å²) in [6.45, 7) is 6.11. The van der Waals surface area contributed by atoms with E-state index in [1.54, 1.807) is 18.2 Å². The van der Waals surface area contributed by atoms with Crippen molar-refractivity contribution in [1.82, 2.24) is 0 Å². The summed E-state index contributed by atoms with van der Waals surface area (Å²) in [6, 6.07) is 10.9. The SMILES string of the molecule is Cc1cc(Cl)c(C(C)C)cc1Oc1ccc(C#N)c(Cl)c1. The number of aryl methyl sites for hydroxylation is 1. The molecular formula is C17H15Cl2NO. The van der Waals surface area contributed by atoms with Gasteiger partial charge in [-0.05, 0) is 48.2 Å². The van der Waals surface area contributed by atoms with Crippen LogP contribution in [0.5, 0.6) is 11.5 Å². The van der Waals surface area contributed by atoms with Crippen LogP contribution in [0.25, 0.3) is 0 Å². The third kappa shape index (κ3) is 3.50. The highest BCUT2D eigenvalue weighted by Gasteiger charge is 2.11. The van der Waals surface area contributed by atoms with Gasteiger partial charge in [-0.3, -0.25) is 0 Å². The second kappa shape index (κ2) is 6.39. The Morgan fingerprint density at radius 1 is 1.10 bits per heavy atom. The Hall–Kier alpha value is -1.69. The molecule has 2 aromatic rings. The molecule has 0 saturated heterocycles. The van der Waals surface area contributed by atoms with Gasteiger partial charge in [0.2, 0.25) is 0 Å². The van der Waals surface area contributed by atoms with Crippen molar-refractivity contribution in [1.29, 1.82) is 5.26 Å². The van der Waals surface area contributed by atoms with Crippen LogP contribution >= 0.6 is 23.2 Å². The molecule has 0 unspecified atom stereocenters. The van der Waals surface area contributed by atoms with Crippen LogP contribution in [0.1, 0.15) is 36.5 Å². The first kappa shape index (κ1) is 15.7. The number of nitrogens with zero attached hydrogens (tertiary/aromatic N) is 1. The lowest BCUT2D eigenvalue weighted by Gasteiger charge is -2.14. The minimum atomic E-state index is 0.310. The summed E-state index contributed by atoms with van der Waals surface area (Å²) in [6.07, 6.45) is 0. The lowest BCUT2D eigenvalue weighted by molar-refractivity contribution is 0.478. The van der Waals surface area contributed by atoms with E-state index in [4.69, 9.17) is 33.2 Å². The Kier molecular flexibility index (Phi) is 4.77. The van der Waals surface area contributed by atoms with Gasteiger partial charge in [-0.15, -0.1) is 0 Å². The van der Waals surface area contributed by atoms with Gasteiger partial charge < -0.3 is 4.74 Å². The molecule has 0 atom stereocenters. The molecule has 2 rings (SSSR count). The fraction of sp³-hybridized carbons (Fsp3) is 0.235. The predicted molar refractivity (Wildman–Crippen MR) is 86.5 cm³/mol. The van der Waals surface area contributed by atoms with E-state index in [1.807, 2.05) is 25.1 Å². The van der Waals surface area contributed by atoms with Crippen LogP contribution in [-0.2, 0) is 0 Å². The Balaban J connectivity index is 2.38. The maximum atomic E-state index is 8.88. The molecule has 0 N–H and O–H groups in total. The first-order valence-corrected chi connectivity index (χ1v) is 7.35. The van der Waals surface area contributed by atoms with E-state index >= 15 is 0 Å². The second-order valence-corrected chi connectivity index (χ2v) is 5.96. The number of rotatable bonds is 3. The summed E-state index contributed by atoms with van der Waals surface area (Å²) in [7, 11) is 0. The highest BCUT2D eigenvalue weighted by atomic mass is 35.5. The Labute approximate surface area is 134 Å². The highest BCUT2D eigenvalue weighted by molar-refractivity contribution is 6.32. The lowest BCUT2D eigenvalue weighted by Crippen LogP contribution is -1.94. The normalized spacial score (nSPS) is 10.5. The van der Waals surface area contributed by atoms with Crippen LogP contribution in [0, 0.1) is 18.3 Å². The molecule has 0 amide bonds. The molecule has 0 fully saturated rings. The van der Waals surface area contributed by atoms with E-state index in [-0.39, 0.29) is 0 Å². The van der Waals surface area contributed by atoms with Crippen molar-refractivity contribution in [3.05, 3.63) is 57.1 Å². The average molecular weight is 320 g/mol. The van der Waals surface area contributed by atoms with Crippen molar-refractivity contribution in [2.24, 2.45) is 0 Å². The molecule has 0 aromatic heterocycles. The summed E-state index contributed by atoms with van der Waals surface area (Å²) >= 11 is 12.3. The van der Waals surface area contributed by atoms with Gasteiger partial charge in [-0.25, -0.2) is 0 Å². The van der Waals surface area contributed by atoms with Crippen LogP contribution in [0.3, 0.4) is 0 Å². The zero-order valence-electron chi connectivity index (χ0n) is 12.1. The predicted octanol–water partition coefficient (Wildman–Crippen LogP) is 6.09. The van der Waals surface area contributed by atoms with E-state index in [9.17, 15) is 0 Å². The van der Waals surface area contributed by atoms with Gasteiger partial charge in [-0.2, -0.15) is 5.26 Å². The molecule has 0 spiro atoms. The van der Waals surface area contributed by atoms with E-state index in [1.165, 1.54) is 0 Å². The molecule has 0 heterocycles. The Morgan fingerprint density at radius 2 is 1.81 bits per heavy atom. The first-order chi connectivity index (χ1) is 9.92. The molecule has 2 aromatic carbocycles. The third-order valence-corrected chi connectivity index (χ3v) is 3.85. The molecule has 2 nitrogen and oxygen atoms in total. The first-order valence-electron chi connectivity index (χ1n) is 6.60. The molecular weight excluding hydrogens is 305 g/mol. The second-order valence-electron chi connectivity index (χ2n) is 5.15. The molecule has 21 heavy (non-hydrogen) atoms. The van der Waals surface area contributed by atoms with Gasteiger partial charge in [0, 0.05) is 11.1 Å². The number of hydrogen-bond donors (Lipinski definition) is 0. The van der Waals surface area contributed by atoms with Gasteiger partial charge in [0.15, 0.2) is 0 Å². The smallest absolute Gasteiger partial charge is 0.130 e. The van der Waals surface area contributed by atoms with E-state index in [0.717, 1.165) is 21.9 Å². The van der Waals surface area contributed by atoms with Gasteiger partial charge in [0.25, 0.3) is 0 Å². The van der Waals surface area contributed by atoms with Crippen molar-refractivity contribution < 1.29 is 4.74 Å². The minimum Gasteiger partial charge on any atom is -0.457 e. The van der Waals surface area contributed by atoms with Crippen molar-refractivity contribution >= 4 is 23.2 Å². The van der Waals surface area contributed by atoms with Gasteiger partial charge in [-0.1, -0.05) is 37.0 Å². The third-order valence-electron chi connectivity index (χ3n) is 3.21. The quantitative estimate of drug-likeness (QED) is 0.685. The van der Waals surface area contributed by atoms with Gasteiger partial charge >= 0.3 is 0 Å². The van der Waals surface area contributed by atoms with Crippen molar-refractivity contribution in [3.8, 4) is 17.6 Å². The summed E-state index contributed by atoms with van der Waals surface area (Å²) < 4.78 is 5.88. The molecule has 4 heteroatoms. The van der Waals surface area contributed by atoms with E-state index < -0.39 is 0 Å². The van der Waals surface area contributed by atoms with E-state index in [2.05, 4.69) is 13.8 Å². The lowest BCUT2D eigenvalue weighted by atomic mass is 10.0. The minimum absolute atomic E-state index is 0.310. The monoisotopic (exact) mass is 319 g/mol. The van der Waals surface area contributed by atoms with Crippen LogP contribution in [0.2, 0.25) is 10.0 Å². The van der Waals surface area contributed by atoms with Crippen LogP contribution in [0.15, 0.2) is 30.3 Å². The summed E-state index contributed by atoms with van der Waals surface area (Å²) in [5.41, 5.74) is 2.42. The molecule has 0 aliphatic carbocycles. The number of hydrogen-bond acceptors (Lipinski definition) is 2. The van der Waals surface area contributed by atoms with Crippen molar-refractivity contribution in [2.75, 3.05) is 0 Å². The fourth-order valence-corrected chi connectivity index (χ4v) is 2.65. The Morgan fingerprint density at radius 3 is 2.38 bits per heavy atom. The van der Waals surface area contributed by atoms with E-state index in [0.29, 0.717) is 22.3 Å². The standard InChI is InChI=1S/C17H15Cl2NO/c1-10(2)14-8-17(11(3)6-16(14)19)21-13-5-4-12(9-20)15(18)7-13/h4-8,10H,1-3H3. The van der Waals surface area contributed by atoms with Gasteiger partial charge in [0.1, 0.15) is 17.6 Å². The maximum absolute atomic E-state index is 8.88. The highest BCUT2D eigenvalue weighted by Crippen LogP contribution is 2.34. The molecule has 0 radical (unpaired) electrons. The summed E-state index contributed by atoms with van der Waals surface area (Å²) in [4.78, 5) is 0. The largest absolute Gasteiger partial charge is 0.457 e. The van der Waals surface area contributed by atoms with Gasteiger partial charge in [0.05, 0.1) is 10.6 Å². The summed E-state index contributed by atoms with van der Waals surface area (Å²) in [5, 5.41) is 10.0. The molecule has 0 saturated carbocycles. The summed E-state index contributed by atoms with van der Waals surface area (Å²) in [5.74, 6) is 1.65. The maximum Gasteiger partial charge on any atom is 0.130 e. The Bertz CT molecular complexity index is 717. The van der Waals surface area contributed by atoms with Crippen LogP contribution in [0.4, 0.5) is 0 Å². The van der Waals surface area contributed by atoms with Crippen LogP contribution < -0.4 is 4.74 Å². The number of benzene rings is 2. The molecule has 0 aliphatic heterocycles. The van der Waals surface area contributed by atoms with Crippen LogP contribution in [-0.4, -0.2) is 0 Å². The number of halogens is 2. The number of nitriles is 1. The van der Waals surface area contributed by atoms with Crippen molar-refractivity contribution in [2.45, 2.75) is 26.7 Å². The zero-order chi connectivity index (χ0) is 15.6. The molecule has 0 bridgehead atoms. The molecule has 108 valence electrons. The molecule has 0 aliphatic rings. The van der Waals surface area contributed by atoms with Crippen molar-refractivity contribution in [3.63, 3.8) is 0 Å².